The fourth-order valence-electron chi connectivity index (χ4n) is 3.07. The smallest absolute Gasteiger partial charge is 0.196 e. The van der Waals surface area contributed by atoms with Crippen LogP contribution in [0.5, 0.6) is 0 Å². The summed E-state index contributed by atoms with van der Waals surface area (Å²) in [4.78, 5) is 4.23. The van der Waals surface area contributed by atoms with E-state index < -0.39 is 0 Å². The fourth-order valence-corrected chi connectivity index (χ4v) is 3.07. The van der Waals surface area contributed by atoms with Gasteiger partial charge in [0.25, 0.3) is 0 Å². The predicted octanol–water partition coefficient (Wildman–Crippen LogP) is 3.31. The molecule has 1 atom stereocenters. The lowest BCUT2D eigenvalue weighted by Gasteiger charge is -2.33. The SMILES string of the molecule is Cc1ccc(C(c2nnn(C(C)(C)C)n2)N2CCCCC2)cc1. The summed E-state index contributed by atoms with van der Waals surface area (Å²) in [6.45, 7) is 10.6. The minimum absolute atomic E-state index is 0.104. The zero-order valence-electron chi connectivity index (χ0n) is 14.7. The lowest BCUT2D eigenvalue weighted by molar-refractivity contribution is 0.180. The Balaban J connectivity index is 1.97. The molecule has 1 aromatic carbocycles. The first-order valence-corrected chi connectivity index (χ1v) is 8.56. The molecule has 1 saturated heterocycles. The Hall–Kier alpha value is -1.75. The van der Waals surface area contributed by atoms with Gasteiger partial charge in [0.15, 0.2) is 5.82 Å². The maximum atomic E-state index is 4.71. The predicted molar refractivity (Wildman–Crippen MR) is 91.3 cm³/mol. The van der Waals surface area contributed by atoms with Crippen LogP contribution < -0.4 is 0 Å². The fraction of sp³-hybridized carbons (Fsp3) is 0.611. The van der Waals surface area contributed by atoms with Crippen LogP contribution in [0.15, 0.2) is 24.3 Å². The van der Waals surface area contributed by atoms with E-state index in [9.17, 15) is 0 Å². The summed E-state index contributed by atoms with van der Waals surface area (Å²) in [6, 6.07) is 8.84. The average molecular weight is 313 g/mol. The third kappa shape index (κ3) is 3.61. The standard InChI is InChI=1S/C18H27N5/c1-14-8-10-15(11-9-14)16(22-12-6-5-7-13-22)17-19-21-23(20-17)18(2,3)4/h8-11,16H,5-7,12-13H2,1-4H3. The van der Waals surface area contributed by atoms with Gasteiger partial charge in [0.1, 0.15) is 0 Å². The number of piperidine rings is 1. The highest BCUT2D eigenvalue weighted by Crippen LogP contribution is 2.29. The molecule has 2 heterocycles. The quantitative estimate of drug-likeness (QED) is 0.872. The number of likely N-dealkylation sites (tertiary alicyclic amines) is 1. The number of nitrogens with zero attached hydrogens (tertiary/aromatic N) is 5. The summed E-state index contributed by atoms with van der Waals surface area (Å²) in [5, 5.41) is 13.4. The highest BCUT2D eigenvalue weighted by Gasteiger charge is 2.29. The molecule has 124 valence electrons. The zero-order chi connectivity index (χ0) is 16.4. The van der Waals surface area contributed by atoms with Crippen molar-refractivity contribution in [2.45, 2.75) is 58.5 Å². The molecule has 0 radical (unpaired) electrons. The van der Waals surface area contributed by atoms with Gasteiger partial charge in [-0.25, -0.2) is 0 Å². The monoisotopic (exact) mass is 313 g/mol. The third-order valence-corrected chi connectivity index (χ3v) is 4.42. The number of tetrazole rings is 1. The Morgan fingerprint density at radius 1 is 1.00 bits per heavy atom. The van der Waals surface area contributed by atoms with Crippen LogP contribution in [-0.2, 0) is 5.54 Å². The van der Waals surface area contributed by atoms with Crippen LogP contribution in [0.25, 0.3) is 0 Å². The lowest BCUT2D eigenvalue weighted by Crippen LogP contribution is -2.35. The number of aryl methyl sites for hydroxylation is 1. The minimum atomic E-state index is -0.148. The molecule has 2 aromatic rings. The van der Waals surface area contributed by atoms with Crippen molar-refractivity contribution in [1.82, 2.24) is 25.1 Å². The van der Waals surface area contributed by atoms with Crippen molar-refractivity contribution in [3.8, 4) is 0 Å². The van der Waals surface area contributed by atoms with E-state index in [1.807, 2.05) is 0 Å². The molecule has 0 N–H and O–H groups in total. The summed E-state index contributed by atoms with van der Waals surface area (Å²) in [6.07, 6.45) is 3.81. The molecule has 5 nitrogen and oxygen atoms in total. The average Bonchev–Trinajstić information content (AvgIpc) is 3.00. The van der Waals surface area contributed by atoms with Crippen molar-refractivity contribution >= 4 is 0 Å². The van der Waals surface area contributed by atoms with Gasteiger partial charge in [-0.1, -0.05) is 36.2 Å². The first kappa shape index (κ1) is 16.1. The number of hydrogen-bond donors (Lipinski definition) is 0. The summed E-state index contributed by atoms with van der Waals surface area (Å²) in [5.41, 5.74) is 2.38. The molecule has 5 heteroatoms. The minimum Gasteiger partial charge on any atom is -0.290 e. The first-order chi connectivity index (χ1) is 10.9. The van der Waals surface area contributed by atoms with Crippen molar-refractivity contribution < 1.29 is 0 Å². The van der Waals surface area contributed by atoms with Crippen molar-refractivity contribution in [1.29, 1.82) is 0 Å². The van der Waals surface area contributed by atoms with Crippen LogP contribution in [0.3, 0.4) is 0 Å². The van der Waals surface area contributed by atoms with E-state index in [4.69, 9.17) is 5.10 Å². The topological polar surface area (TPSA) is 46.8 Å². The number of rotatable bonds is 3. The van der Waals surface area contributed by atoms with Crippen LogP contribution in [0.4, 0.5) is 0 Å². The molecule has 1 aromatic heterocycles. The Bertz CT molecular complexity index is 632. The van der Waals surface area contributed by atoms with E-state index in [1.54, 1.807) is 4.80 Å². The molecule has 0 aliphatic carbocycles. The van der Waals surface area contributed by atoms with Crippen LogP contribution in [0, 0.1) is 6.92 Å². The van der Waals surface area contributed by atoms with E-state index in [0.29, 0.717) is 0 Å². The first-order valence-electron chi connectivity index (χ1n) is 8.56. The Morgan fingerprint density at radius 2 is 1.65 bits per heavy atom. The van der Waals surface area contributed by atoms with E-state index in [2.05, 4.69) is 67.2 Å². The van der Waals surface area contributed by atoms with Crippen molar-refractivity contribution in [2.75, 3.05) is 13.1 Å². The van der Waals surface area contributed by atoms with Gasteiger partial charge in [0, 0.05) is 0 Å². The maximum Gasteiger partial charge on any atom is 0.196 e. The molecule has 0 saturated carbocycles. The normalized spacial score (nSPS) is 18.1. The highest BCUT2D eigenvalue weighted by atomic mass is 15.6. The van der Waals surface area contributed by atoms with Gasteiger partial charge in [0.2, 0.25) is 0 Å². The molecule has 0 spiro atoms. The van der Waals surface area contributed by atoms with Crippen LogP contribution >= 0.6 is 0 Å². The summed E-state index contributed by atoms with van der Waals surface area (Å²) in [5.74, 6) is 0.811. The maximum absolute atomic E-state index is 4.71. The van der Waals surface area contributed by atoms with E-state index in [-0.39, 0.29) is 11.6 Å². The molecular formula is C18H27N5. The largest absolute Gasteiger partial charge is 0.290 e. The molecule has 0 amide bonds. The van der Waals surface area contributed by atoms with Crippen molar-refractivity contribution in [2.24, 2.45) is 0 Å². The molecule has 1 aliphatic rings. The summed E-state index contributed by atoms with van der Waals surface area (Å²) in [7, 11) is 0. The highest BCUT2D eigenvalue weighted by molar-refractivity contribution is 5.28. The van der Waals surface area contributed by atoms with Crippen LogP contribution in [0.2, 0.25) is 0 Å². The van der Waals surface area contributed by atoms with Gasteiger partial charge in [-0.2, -0.15) is 4.80 Å². The summed E-state index contributed by atoms with van der Waals surface area (Å²) >= 11 is 0. The Labute approximate surface area is 138 Å². The van der Waals surface area contributed by atoms with E-state index >= 15 is 0 Å². The van der Waals surface area contributed by atoms with Gasteiger partial charge < -0.3 is 0 Å². The number of benzene rings is 1. The van der Waals surface area contributed by atoms with Crippen LogP contribution in [0.1, 0.15) is 63.0 Å². The lowest BCUT2D eigenvalue weighted by atomic mass is 10.00. The third-order valence-electron chi connectivity index (χ3n) is 4.42. The van der Waals surface area contributed by atoms with Gasteiger partial charge in [-0.15, -0.1) is 10.2 Å². The van der Waals surface area contributed by atoms with Crippen LogP contribution in [-0.4, -0.2) is 38.2 Å². The number of aromatic nitrogens is 4. The summed E-state index contributed by atoms with van der Waals surface area (Å²) < 4.78 is 0. The second-order valence-electron chi connectivity index (χ2n) is 7.52. The molecule has 1 unspecified atom stereocenters. The molecule has 0 bridgehead atoms. The van der Waals surface area contributed by atoms with Gasteiger partial charge in [0.05, 0.1) is 11.6 Å². The molecule has 23 heavy (non-hydrogen) atoms. The molecular weight excluding hydrogens is 286 g/mol. The van der Waals surface area contributed by atoms with E-state index in [0.717, 1.165) is 18.9 Å². The molecule has 3 rings (SSSR count). The van der Waals surface area contributed by atoms with Crippen molar-refractivity contribution in [3.63, 3.8) is 0 Å². The second-order valence-corrected chi connectivity index (χ2v) is 7.52. The van der Waals surface area contributed by atoms with E-state index in [1.165, 1.54) is 30.4 Å². The molecule has 1 aliphatic heterocycles. The Morgan fingerprint density at radius 3 is 2.22 bits per heavy atom. The zero-order valence-corrected chi connectivity index (χ0v) is 14.7. The van der Waals surface area contributed by atoms with Gasteiger partial charge in [-0.3, -0.25) is 4.90 Å². The number of hydrogen-bond acceptors (Lipinski definition) is 4. The Kier molecular flexibility index (Phi) is 4.48. The second kappa shape index (κ2) is 6.40. The molecule has 1 fully saturated rings. The van der Waals surface area contributed by atoms with Gasteiger partial charge in [-0.05, 0) is 64.4 Å². The van der Waals surface area contributed by atoms with Gasteiger partial charge >= 0.3 is 0 Å². The van der Waals surface area contributed by atoms with Crippen molar-refractivity contribution in [3.05, 3.63) is 41.2 Å².